The van der Waals surface area contributed by atoms with Crippen LogP contribution in [0.4, 0.5) is 0 Å². The number of hydrogen-bond acceptors (Lipinski definition) is 7. The predicted octanol–water partition coefficient (Wildman–Crippen LogP) is 9.58. The third-order valence-electron chi connectivity index (χ3n) is 9.16. The first-order valence-electron chi connectivity index (χ1n) is 17.5. The number of terminal acetylenes is 1. The van der Waals surface area contributed by atoms with Crippen molar-refractivity contribution in [3.05, 3.63) is 93.5 Å². The van der Waals surface area contributed by atoms with Crippen LogP contribution in [0.1, 0.15) is 61.8 Å². The fraction of sp³-hybridized carbons (Fsp3) is 0.326. The summed E-state index contributed by atoms with van der Waals surface area (Å²) in [5.74, 6) is 6.79. The van der Waals surface area contributed by atoms with Crippen molar-refractivity contribution in [2.75, 3.05) is 41.7 Å². The fourth-order valence-electron chi connectivity index (χ4n) is 6.26. The molecule has 0 spiro atoms. The average molecular weight is 777 g/mol. The van der Waals surface area contributed by atoms with Crippen molar-refractivity contribution in [2.24, 2.45) is 0 Å². The molecule has 6 aromatic rings. The Morgan fingerprint density at radius 3 is 1.66 bits per heavy atom. The Balaban J connectivity index is 0.000000204. The number of methoxy groups -OCH3 is 4. The van der Waals surface area contributed by atoms with Gasteiger partial charge in [-0.15, -0.1) is 6.42 Å². The van der Waals surface area contributed by atoms with E-state index in [-0.39, 0.29) is 0 Å². The van der Waals surface area contributed by atoms with E-state index in [0.29, 0.717) is 49.5 Å². The van der Waals surface area contributed by atoms with Gasteiger partial charge >= 0.3 is 0 Å². The fourth-order valence-corrected chi connectivity index (χ4v) is 6.77. The van der Waals surface area contributed by atoms with Gasteiger partial charge in [-0.1, -0.05) is 82.1 Å². The first-order valence-corrected chi connectivity index (χ1v) is 18.3. The first kappa shape index (κ1) is 39.1. The number of halogens is 1. The molecule has 274 valence electrons. The maximum atomic E-state index is 9.27. The van der Waals surface area contributed by atoms with E-state index in [9.17, 15) is 5.26 Å². The van der Waals surface area contributed by atoms with E-state index in [2.05, 4.69) is 113 Å². The Labute approximate surface area is 320 Å². The third kappa shape index (κ3) is 8.26. The lowest BCUT2D eigenvalue weighted by Gasteiger charge is -2.12. The summed E-state index contributed by atoms with van der Waals surface area (Å²) in [5.41, 5.74) is 9.17. The maximum absolute atomic E-state index is 9.27. The number of fused-ring (bicyclic) bond motifs is 2. The summed E-state index contributed by atoms with van der Waals surface area (Å²) in [5, 5.41) is 9.27. The molecular weight excluding hydrogens is 730 g/mol. The smallest absolute Gasteiger partial charge is 0.146 e. The molecule has 53 heavy (non-hydrogen) atoms. The Morgan fingerprint density at radius 1 is 0.717 bits per heavy atom. The highest BCUT2D eigenvalue weighted by Gasteiger charge is 2.21. The van der Waals surface area contributed by atoms with E-state index >= 15 is 0 Å². The maximum Gasteiger partial charge on any atom is 0.146 e. The van der Waals surface area contributed by atoms with Gasteiger partial charge in [-0.05, 0) is 51.0 Å². The van der Waals surface area contributed by atoms with Gasteiger partial charge in [-0.25, -0.2) is 9.97 Å². The van der Waals surface area contributed by atoms with Crippen molar-refractivity contribution in [1.82, 2.24) is 19.1 Å². The van der Waals surface area contributed by atoms with Crippen molar-refractivity contribution >= 4 is 38.0 Å². The molecule has 2 heterocycles. The van der Waals surface area contributed by atoms with Crippen LogP contribution in [-0.4, -0.2) is 60.8 Å². The highest BCUT2D eigenvalue weighted by atomic mass is 79.9. The second-order valence-corrected chi connectivity index (χ2v) is 14.0. The summed E-state index contributed by atoms with van der Waals surface area (Å²) < 4.78 is 26.8. The normalized spacial score (nSPS) is 11.1. The van der Waals surface area contributed by atoms with Crippen LogP contribution in [0, 0.1) is 23.7 Å². The molecule has 6 rings (SSSR count). The number of hydrogen-bond donors (Lipinski definition) is 0. The quantitative estimate of drug-likeness (QED) is 0.114. The van der Waals surface area contributed by atoms with Crippen LogP contribution in [0.25, 0.3) is 44.8 Å². The van der Waals surface area contributed by atoms with E-state index in [0.717, 1.165) is 60.6 Å². The largest absolute Gasteiger partial charge is 0.494 e. The van der Waals surface area contributed by atoms with Crippen molar-refractivity contribution in [1.29, 1.82) is 5.26 Å². The van der Waals surface area contributed by atoms with Crippen LogP contribution in [-0.2, 0) is 22.6 Å². The molecule has 0 atom stereocenters. The lowest BCUT2D eigenvalue weighted by molar-refractivity contribution is 0.188. The summed E-state index contributed by atoms with van der Waals surface area (Å²) in [6, 6.07) is 24.6. The molecule has 10 heteroatoms. The van der Waals surface area contributed by atoms with Gasteiger partial charge in [0.1, 0.15) is 39.7 Å². The van der Waals surface area contributed by atoms with Gasteiger partial charge in [0.15, 0.2) is 0 Å². The van der Waals surface area contributed by atoms with Gasteiger partial charge in [0, 0.05) is 49.0 Å². The van der Waals surface area contributed by atoms with Crippen LogP contribution in [0.5, 0.6) is 11.5 Å². The third-order valence-corrected chi connectivity index (χ3v) is 9.79. The standard InChI is InChI=1S/C22H23BrN2O2.C21H23N3O2/c1-6-17-18(23)13-19(27-5)21-20(17)24-22(25(21)11-12-26-4)16-9-7-15(8-10-16)14(2)3;1-14(2)16-5-7-17(8-6-16)21-23-18-11-15(13-22)12-19(26-4)20(18)24(21)9-10-25-3/h1,7-10,13-14H,11-12H2,2-5H3;5-8,11-12,14H,9-10H2,1-4H3. The van der Waals surface area contributed by atoms with E-state index in [1.807, 2.05) is 6.07 Å². The zero-order valence-electron chi connectivity index (χ0n) is 31.7. The molecule has 9 nitrogen and oxygen atoms in total. The number of rotatable bonds is 12. The molecule has 0 N–H and O–H groups in total. The molecule has 4 aromatic carbocycles. The molecule has 0 bridgehead atoms. The predicted molar refractivity (Wildman–Crippen MR) is 216 cm³/mol. The molecule has 0 saturated carbocycles. The van der Waals surface area contributed by atoms with E-state index < -0.39 is 0 Å². The Hall–Kier alpha value is -5.13. The monoisotopic (exact) mass is 775 g/mol. The summed E-state index contributed by atoms with van der Waals surface area (Å²) in [6.07, 6.45) is 5.76. The highest BCUT2D eigenvalue weighted by Crippen LogP contribution is 2.37. The van der Waals surface area contributed by atoms with Crippen LogP contribution < -0.4 is 9.47 Å². The second kappa shape index (κ2) is 17.6. The Morgan fingerprint density at radius 2 is 1.21 bits per heavy atom. The van der Waals surface area contributed by atoms with Gasteiger partial charge in [0.05, 0.1) is 50.1 Å². The molecule has 2 aromatic heterocycles. The molecule has 0 unspecified atom stereocenters. The lowest BCUT2D eigenvalue weighted by Crippen LogP contribution is -2.07. The van der Waals surface area contributed by atoms with Gasteiger partial charge < -0.3 is 28.1 Å². The van der Waals surface area contributed by atoms with Gasteiger partial charge in [-0.2, -0.15) is 5.26 Å². The van der Waals surface area contributed by atoms with Crippen molar-refractivity contribution in [2.45, 2.75) is 52.6 Å². The van der Waals surface area contributed by atoms with Crippen molar-refractivity contribution < 1.29 is 18.9 Å². The van der Waals surface area contributed by atoms with Gasteiger partial charge in [0.25, 0.3) is 0 Å². The average Bonchev–Trinajstić information content (AvgIpc) is 3.74. The molecule has 0 radical (unpaired) electrons. The topological polar surface area (TPSA) is 96.4 Å². The van der Waals surface area contributed by atoms with Crippen LogP contribution >= 0.6 is 15.9 Å². The van der Waals surface area contributed by atoms with Gasteiger partial charge in [-0.3, -0.25) is 0 Å². The minimum Gasteiger partial charge on any atom is -0.494 e. The molecule has 0 aliphatic carbocycles. The molecule has 0 aliphatic heterocycles. The molecular formula is C43H46BrN5O4. The zero-order chi connectivity index (χ0) is 38.2. The minimum absolute atomic E-state index is 0.481. The Bertz CT molecular complexity index is 2270. The number of nitriles is 1. The first-order chi connectivity index (χ1) is 25.6. The summed E-state index contributed by atoms with van der Waals surface area (Å²) in [4.78, 5) is 9.71. The van der Waals surface area contributed by atoms with Crippen LogP contribution in [0.15, 0.2) is 71.2 Å². The number of imidazole rings is 2. The molecule has 0 fully saturated rings. The summed E-state index contributed by atoms with van der Waals surface area (Å²) in [6.45, 7) is 11.1. The van der Waals surface area contributed by atoms with E-state index in [4.69, 9.17) is 35.3 Å². The second-order valence-electron chi connectivity index (χ2n) is 13.1. The highest BCUT2D eigenvalue weighted by molar-refractivity contribution is 9.10. The van der Waals surface area contributed by atoms with Crippen LogP contribution in [0.3, 0.4) is 0 Å². The van der Waals surface area contributed by atoms with Crippen molar-refractivity contribution in [3.8, 4) is 52.7 Å². The van der Waals surface area contributed by atoms with Gasteiger partial charge in [0.2, 0.25) is 0 Å². The summed E-state index contributed by atoms with van der Waals surface area (Å²) >= 11 is 3.54. The van der Waals surface area contributed by atoms with Crippen LogP contribution in [0.2, 0.25) is 0 Å². The number of ether oxygens (including phenoxy) is 4. The minimum atomic E-state index is 0.481. The van der Waals surface area contributed by atoms with Crippen molar-refractivity contribution in [3.63, 3.8) is 0 Å². The SMILES string of the molecule is C#Cc1c(Br)cc(OC)c2c1nc(-c1ccc(C(C)C)cc1)n2CCOC.COCCn1c(-c2ccc(C(C)C)cc2)nc2cc(C#N)cc(OC)c21. The Kier molecular flexibility index (Phi) is 13.0. The lowest BCUT2D eigenvalue weighted by atomic mass is 10.0. The number of aromatic nitrogens is 4. The van der Waals surface area contributed by atoms with E-state index in [1.165, 1.54) is 11.1 Å². The number of benzene rings is 4. The van der Waals surface area contributed by atoms with E-state index in [1.54, 1.807) is 40.6 Å². The summed E-state index contributed by atoms with van der Waals surface area (Å²) in [7, 11) is 6.64. The number of nitrogens with zero attached hydrogens (tertiary/aromatic N) is 5. The molecule has 0 saturated heterocycles. The molecule has 0 amide bonds. The molecule has 0 aliphatic rings. The zero-order valence-corrected chi connectivity index (χ0v) is 33.2.